The number of amidine groups is 1. The van der Waals surface area contributed by atoms with Crippen molar-refractivity contribution in [3.8, 4) is 0 Å². The van der Waals surface area contributed by atoms with E-state index in [9.17, 15) is 5.11 Å². The Hall–Kier alpha value is -1.87. The molecule has 0 atom stereocenters. The molecule has 0 aromatic heterocycles. The van der Waals surface area contributed by atoms with Crippen LogP contribution in [0.5, 0.6) is 0 Å². The molecule has 0 heterocycles. The van der Waals surface area contributed by atoms with Crippen molar-refractivity contribution >= 4 is 5.84 Å². The van der Waals surface area contributed by atoms with Gasteiger partial charge in [-0.2, -0.15) is 0 Å². The first kappa shape index (κ1) is 24.4. The van der Waals surface area contributed by atoms with Gasteiger partial charge in [0, 0.05) is 19.3 Å². The molecule has 0 spiro atoms. The van der Waals surface area contributed by atoms with Crippen molar-refractivity contribution in [2.75, 3.05) is 13.6 Å². The Labute approximate surface area is 149 Å². The summed E-state index contributed by atoms with van der Waals surface area (Å²) in [4.78, 5) is 6.29. The zero-order chi connectivity index (χ0) is 19.2. The van der Waals surface area contributed by atoms with E-state index in [-0.39, 0.29) is 0 Å². The first-order chi connectivity index (χ1) is 11.3. The van der Waals surface area contributed by atoms with Crippen LogP contribution >= 0.6 is 0 Å². The van der Waals surface area contributed by atoms with Gasteiger partial charge in [-0.1, -0.05) is 56.4 Å². The third-order valence-corrected chi connectivity index (χ3v) is 3.05. The molecular formula is C21H36N2O. The summed E-state index contributed by atoms with van der Waals surface area (Å²) in [5.41, 5.74) is 1.06. The minimum Gasteiger partial charge on any atom is -0.383 e. The second-order valence-corrected chi connectivity index (χ2v) is 5.44. The summed E-state index contributed by atoms with van der Waals surface area (Å²) in [6.07, 6.45) is 13.8. The second-order valence-electron chi connectivity index (χ2n) is 5.44. The van der Waals surface area contributed by atoms with Crippen LogP contribution in [0.3, 0.4) is 0 Å². The van der Waals surface area contributed by atoms with Gasteiger partial charge in [0.1, 0.15) is 11.4 Å². The van der Waals surface area contributed by atoms with Crippen molar-refractivity contribution in [1.29, 1.82) is 0 Å². The summed E-state index contributed by atoms with van der Waals surface area (Å²) in [5, 5.41) is 10.3. The van der Waals surface area contributed by atoms with Gasteiger partial charge in [-0.05, 0) is 46.8 Å². The number of aliphatic imine (C=N–C) groups is 1. The number of likely N-dealkylation sites (N-methyl/N-ethyl adjacent to an activating group) is 1. The lowest BCUT2D eigenvalue weighted by Gasteiger charge is -2.32. The third-order valence-electron chi connectivity index (χ3n) is 3.05. The fourth-order valence-electron chi connectivity index (χ4n) is 1.98. The van der Waals surface area contributed by atoms with Gasteiger partial charge in [-0.3, -0.25) is 4.99 Å². The van der Waals surface area contributed by atoms with Gasteiger partial charge in [-0.15, -0.1) is 0 Å². The molecule has 3 heteroatoms. The van der Waals surface area contributed by atoms with Gasteiger partial charge in [0.25, 0.3) is 0 Å². The maximum absolute atomic E-state index is 10.3. The van der Waals surface area contributed by atoms with Crippen LogP contribution in [-0.4, -0.2) is 35.0 Å². The Kier molecular flexibility index (Phi) is 13.8. The summed E-state index contributed by atoms with van der Waals surface area (Å²) in [6, 6.07) is 0. The fourth-order valence-corrected chi connectivity index (χ4v) is 1.98. The first-order valence-corrected chi connectivity index (χ1v) is 8.59. The van der Waals surface area contributed by atoms with Gasteiger partial charge >= 0.3 is 0 Å². The predicted molar refractivity (Wildman–Crippen MR) is 109 cm³/mol. The summed E-state index contributed by atoms with van der Waals surface area (Å²) in [7, 11) is 1.70. The van der Waals surface area contributed by atoms with E-state index in [0.29, 0.717) is 12.4 Å². The SMILES string of the molecule is C=C/C(C)=C/C=C\C(=C\C=C/C)N(CC)C(=NC)C(C)(C)O.CC. The molecule has 24 heavy (non-hydrogen) atoms. The lowest BCUT2D eigenvalue weighted by atomic mass is 10.1. The molecule has 0 saturated carbocycles. The Morgan fingerprint density at radius 2 is 1.79 bits per heavy atom. The Morgan fingerprint density at radius 1 is 1.21 bits per heavy atom. The molecule has 0 aliphatic rings. The van der Waals surface area contributed by atoms with Crippen molar-refractivity contribution in [3.63, 3.8) is 0 Å². The number of aliphatic hydroxyl groups is 1. The van der Waals surface area contributed by atoms with E-state index in [4.69, 9.17) is 0 Å². The van der Waals surface area contributed by atoms with Gasteiger partial charge in [0.15, 0.2) is 0 Å². The fraction of sp³-hybridized carbons (Fsp3) is 0.476. The maximum atomic E-state index is 10.3. The highest BCUT2D eigenvalue weighted by atomic mass is 16.3. The zero-order valence-electron chi connectivity index (χ0n) is 16.8. The molecule has 3 nitrogen and oxygen atoms in total. The molecule has 0 unspecified atom stereocenters. The van der Waals surface area contributed by atoms with E-state index >= 15 is 0 Å². The second kappa shape index (κ2) is 13.6. The number of allylic oxidation sites excluding steroid dienone is 8. The minimum atomic E-state index is -1.000. The maximum Gasteiger partial charge on any atom is 0.135 e. The number of hydrogen-bond donors (Lipinski definition) is 1. The van der Waals surface area contributed by atoms with Crippen molar-refractivity contribution in [3.05, 3.63) is 60.4 Å². The van der Waals surface area contributed by atoms with E-state index < -0.39 is 5.60 Å². The van der Waals surface area contributed by atoms with E-state index in [0.717, 1.165) is 11.3 Å². The van der Waals surface area contributed by atoms with Crippen LogP contribution in [0, 0.1) is 0 Å². The monoisotopic (exact) mass is 332 g/mol. The van der Waals surface area contributed by atoms with Crippen LogP contribution in [0.15, 0.2) is 65.4 Å². The Balaban J connectivity index is 0. The normalized spacial score (nSPS) is 14.0. The van der Waals surface area contributed by atoms with Crippen molar-refractivity contribution < 1.29 is 5.11 Å². The van der Waals surface area contributed by atoms with Crippen LogP contribution in [-0.2, 0) is 0 Å². The number of rotatable bonds is 7. The molecule has 0 rings (SSSR count). The Morgan fingerprint density at radius 3 is 2.17 bits per heavy atom. The third kappa shape index (κ3) is 9.31. The molecule has 1 N–H and O–H groups in total. The van der Waals surface area contributed by atoms with Crippen LogP contribution in [0.4, 0.5) is 0 Å². The van der Waals surface area contributed by atoms with E-state index in [2.05, 4.69) is 11.6 Å². The predicted octanol–water partition coefficient (Wildman–Crippen LogP) is 5.28. The topological polar surface area (TPSA) is 35.8 Å². The molecule has 0 saturated heterocycles. The summed E-state index contributed by atoms with van der Waals surface area (Å²) >= 11 is 0. The average molecular weight is 333 g/mol. The van der Waals surface area contributed by atoms with Crippen molar-refractivity contribution in [2.24, 2.45) is 4.99 Å². The molecular weight excluding hydrogens is 296 g/mol. The lowest BCUT2D eigenvalue weighted by Crippen LogP contribution is -2.44. The molecule has 0 aliphatic carbocycles. The molecule has 0 fully saturated rings. The standard InChI is InChI=1S/C19H30N2O.C2H6/c1-8-11-14-17(15-12-13-16(4)9-2)21(10-3)18(20-7)19(5,6)22;1-2/h8-9,11-15,22H,2,10H2,1,3-7H3;1-2H3/b11-8-,15-12-,16-13+,17-14-,20-18?;. The summed E-state index contributed by atoms with van der Waals surface area (Å²) in [5.74, 6) is 0.639. The average Bonchev–Trinajstić information content (AvgIpc) is 2.56. The lowest BCUT2D eigenvalue weighted by molar-refractivity contribution is 0.140. The van der Waals surface area contributed by atoms with Crippen LogP contribution < -0.4 is 0 Å². The van der Waals surface area contributed by atoms with E-state index in [1.807, 2.05) is 82.1 Å². The molecule has 0 aliphatic heterocycles. The van der Waals surface area contributed by atoms with E-state index in [1.165, 1.54) is 0 Å². The van der Waals surface area contributed by atoms with Gasteiger partial charge in [0.05, 0.1) is 0 Å². The van der Waals surface area contributed by atoms with Gasteiger partial charge < -0.3 is 10.0 Å². The molecule has 0 radical (unpaired) electrons. The molecule has 0 aromatic carbocycles. The van der Waals surface area contributed by atoms with Crippen LogP contribution in [0.25, 0.3) is 0 Å². The smallest absolute Gasteiger partial charge is 0.135 e. The molecule has 0 amide bonds. The zero-order valence-corrected chi connectivity index (χ0v) is 16.8. The highest BCUT2D eigenvalue weighted by molar-refractivity contribution is 5.91. The Bertz CT molecular complexity index is 500. The summed E-state index contributed by atoms with van der Waals surface area (Å²) in [6.45, 7) is 18.0. The molecule has 0 aromatic rings. The molecule has 0 bridgehead atoms. The van der Waals surface area contributed by atoms with Crippen molar-refractivity contribution in [1.82, 2.24) is 4.90 Å². The number of hydrogen-bond acceptors (Lipinski definition) is 2. The molecule has 136 valence electrons. The van der Waals surface area contributed by atoms with Crippen LogP contribution in [0.2, 0.25) is 0 Å². The van der Waals surface area contributed by atoms with Crippen molar-refractivity contribution in [2.45, 2.75) is 54.1 Å². The number of nitrogens with zero attached hydrogens (tertiary/aromatic N) is 2. The van der Waals surface area contributed by atoms with Crippen LogP contribution in [0.1, 0.15) is 48.5 Å². The van der Waals surface area contributed by atoms with E-state index in [1.54, 1.807) is 20.9 Å². The highest BCUT2D eigenvalue weighted by Crippen LogP contribution is 2.16. The largest absolute Gasteiger partial charge is 0.383 e. The minimum absolute atomic E-state index is 0.639. The summed E-state index contributed by atoms with van der Waals surface area (Å²) < 4.78 is 0. The quantitative estimate of drug-likeness (QED) is 0.391. The first-order valence-electron chi connectivity index (χ1n) is 8.59. The van der Waals surface area contributed by atoms with Gasteiger partial charge in [0.2, 0.25) is 0 Å². The highest BCUT2D eigenvalue weighted by Gasteiger charge is 2.26. The van der Waals surface area contributed by atoms with Gasteiger partial charge in [-0.25, -0.2) is 0 Å².